The molecule has 0 heterocycles. The van der Waals surface area contributed by atoms with Crippen molar-refractivity contribution in [2.24, 2.45) is 23.7 Å². The van der Waals surface area contributed by atoms with E-state index in [1.165, 1.54) is 109 Å². The number of aliphatic hydroxyl groups excluding tert-OH is 1. The van der Waals surface area contributed by atoms with Crippen LogP contribution in [-0.2, 0) is 65.4 Å². The van der Waals surface area contributed by atoms with Gasteiger partial charge in [0.25, 0.3) is 0 Å². The van der Waals surface area contributed by atoms with E-state index in [1.807, 2.05) is 0 Å². The Labute approximate surface area is 517 Å². The van der Waals surface area contributed by atoms with Gasteiger partial charge >= 0.3 is 39.5 Å². The summed E-state index contributed by atoms with van der Waals surface area (Å²) >= 11 is 0. The Hall–Kier alpha value is -1.94. The zero-order valence-corrected chi connectivity index (χ0v) is 57.0. The van der Waals surface area contributed by atoms with E-state index in [2.05, 4.69) is 55.4 Å². The van der Waals surface area contributed by atoms with E-state index in [-0.39, 0.29) is 25.7 Å². The lowest BCUT2D eigenvalue weighted by atomic mass is 10.0. The number of phosphoric acid groups is 2. The summed E-state index contributed by atoms with van der Waals surface area (Å²) < 4.78 is 68.0. The highest BCUT2D eigenvalue weighted by Gasteiger charge is 2.30. The lowest BCUT2D eigenvalue weighted by Gasteiger charge is -2.21. The first kappa shape index (κ1) is 83.1. The van der Waals surface area contributed by atoms with Gasteiger partial charge in [-0.05, 0) is 49.4 Å². The molecular weight excluding hydrogens is 1130 g/mol. The molecule has 2 unspecified atom stereocenters. The van der Waals surface area contributed by atoms with Crippen LogP contribution in [0.5, 0.6) is 0 Å². The van der Waals surface area contributed by atoms with E-state index in [9.17, 15) is 43.2 Å². The molecule has 0 bridgehead atoms. The molecule has 0 spiro atoms. The molecule has 0 saturated carbocycles. The van der Waals surface area contributed by atoms with Gasteiger partial charge in [-0.15, -0.1) is 0 Å². The number of aliphatic hydroxyl groups is 1. The number of phosphoric ester groups is 2. The predicted octanol–water partition coefficient (Wildman–Crippen LogP) is 18.1. The Bertz CT molecular complexity index is 1700. The summed E-state index contributed by atoms with van der Waals surface area (Å²) in [7, 11) is -9.89. The number of unbranched alkanes of at least 4 members (excludes halogenated alkanes) is 29. The highest BCUT2D eigenvalue weighted by molar-refractivity contribution is 7.47. The van der Waals surface area contributed by atoms with Gasteiger partial charge in [0.15, 0.2) is 12.2 Å². The van der Waals surface area contributed by atoms with Crippen LogP contribution >= 0.6 is 15.6 Å². The van der Waals surface area contributed by atoms with Crippen molar-refractivity contribution in [1.82, 2.24) is 0 Å². The van der Waals surface area contributed by atoms with Crippen molar-refractivity contribution in [2.45, 2.75) is 337 Å². The SMILES string of the molecule is CC(C)CCCCCCCCCCCCCCCC(=O)O[C@H](COC(=O)CCCCCCCCCC(C)C)COP(=O)(O)OC[C@@H](O)COP(=O)(O)OC[C@@H](COC(=O)CCCCCCCCC(C)C)OC(=O)CCCCCCCCCC(C)C. The van der Waals surface area contributed by atoms with Crippen LogP contribution in [0.25, 0.3) is 0 Å². The number of hydrogen-bond acceptors (Lipinski definition) is 15. The van der Waals surface area contributed by atoms with Crippen molar-refractivity contribution in [3.8, 4) is 0 Å². The smallest absolute Gasteiger partial charge is 0.462 e. The Balaban J connectivity index is 5.22. The maximum atomic E-state index is 13.0. The van der Waals surface area contributed by atoms with Crippen LogP contribution < -0.4 is 0 Å². The van der Waals surface area contributed by atoms with Gasteiger partial charge in [-0.1, -0.05) is 267 Å². The highest BCUT2D eigenvalue weighted by Crippen LogP contribution is 2.45. The minimum atomic E-state index is -4.95. The quantitative estimate of drug-likeness (QED) is 0.0222. The number of esters is 4. The fourth-order valence-electron chi connectivity index (χ4n) is 9.78. The molecule has 17 nitrogen and oxygen atoms in total. The van der Waals surface area contributed by atoms with Crippen molar-refractivity contribution >= 4 is 39.5 Å². The zero-order chi connectivity index (χ0) is 63.2. The lowest BCUT2D eigenvalue weighted by molar-refractivity contribution is -0.161. The molecule has 19 heteroatoms. The van der Waals surface area contributed by atoms with Gasteiger partial charge in [-0.25, -0.2) is 9.13 Å². The lowest BCUT2D eigenvalue weighted by Crippen LogP contribution is -2.30. The van der Waals surface area contributed by atoms with E-state index in [0.29, 0.717) is 43.4 Å². The third kappa shape index (κ3) is 60.7. The topological polar surface area (TPSA) is 237 Å². The minimum absolute atomic E-state index is 0.102. The molecule has 3 N–H and O–H groups in total. The van der Waals surface area contributed by atoms with E-state index in [0.717, 1.165) is 109 Å². The van der Waals surface area contributed by atoms with Crippen molar-refractivity contribution in [1.29, 1.82) is 0 Å². The van der Waals surface area contributed by atoms with E-state index in [1.54, 1.807) is 0 Å². The van der Waals surface area contributed by atoms with E-state index < -0.39 is 97.5 Å². The monoisotopic (exact) mass is 1250 g/mol. The van der Waals surface area contributed by atoms with Crippen molar-refractivity contribution in [2.75, 3.05) is 39.6 Å². The van der Waals surface area contributed by atoms with Crippen molar-refractivity contribution < 1.29 is 80.2 Å². The average molecular weight is 1260 g/mol. The first-order chi connectivity index (χ1) is 40.6. The van der Waals surface area contributed by atoms with Gasteiger partial charge in [0.05, 0.1) is 26.4 Å². The van der Waals surface area contributed by atoms with E-state index >= 15 is 0 Å². The number of carbonyl (C=O) groups excluding carboxylic acids is 4. The van der Waals surface area contributed by atoms with Crippen LogP contribution in [0.2, 0.25) is 0 Å². The first-order valence-corrected chi connectivity index (χ1v) is 37.2. The maximum Gasteiger partial charge on any atom is 0.472 e. The Morgan fingerprint density at radius 1 is 0.294 bits per heavy atom. The molecule has 0 aliphatic heterocycles. The molecule has 0 rings (SSSR count). The van der Waals surface area contributed by atoms with Gasteiger partial charge in [0, 0.05) is 25.7 Å². The first-order valence-electron chi connectivity index (χ1n) is 34.2. The molecule has 5 atom stereocenters. The largest absolute Gasteiger partial charge is 0.472 e. The molecular formula is C66H128O17P2. The summed E-state index contributed by atoms with van der Waals surface area (Å²) in [4.78, 5) is 72.2. The second kappa shape index (κ2) is 56.1. The predicted molar refractivity (Wildman–Crippen MR) is 340 cm³/mol. The normalized spacial score (nSPS) is 14.4. The fourth-order valence-corrected chi connectivity index (χ4v) is 11.4. The zero-order valence-electron chi connectivity index (χ0n) is 55.2. The van der Waals surface area contributed by atoms with Crippen molar-refractivity contribution in [3.05, 3.63) is 0 Å². The van der Waals surface area contributed by atoms with Crippen LogP contribution in [0, 0.1) is 23.7 Å². The summed E-state index contributed by atoms with van der Waals surface area (Å²) in [5, 5.41) is 10.5. The van der Waals surface area contributed by atoms with E-state index in [4.69, 9.17) is 37.0 Å². The molecule has 0 aliphatic rings. The maximum absolute atomic E-state index is 13.0. The summed E-state index contributed by atoms with van der Waals surface area (Å²) in [5.41, 5.74) is 0. The highest BCUT2D eigenvalue weighted by atomic mass is 31.2. The molecule has 0 aromatic rings. The molecule has 0 fully saturated rings. The summed E-state index contributed by atoms with van der Waals surface area (Å²) in [6, 6.07) is 0. The van der Waals surface area contributed by atoms with Crippen LogP contribution in [0.3, 0.4) is 0 Å². The molecule has 504 valence electrons. The van der Waals surface area contributed by atoms with Gasteiger partial charge < -0.3 is 33.8 Å². The van der Waals surface area contributed by atoms with Crippen LogP contribution in [-0.4, -0.2) is 96.7 Å². The molecule has 0 aliphatic carbocycles. The van der Waals surface area contributed by atoms with Gasteiger partial charge in [-0.3, -0.25) is 37.3 Å². The number of hydrogen-bond donors (Lipinski definition) is 3. The van der Waals surface area contributed by atoms with Crippen molar-refractivity contribution in [3.63, 3.8) is 0 Å². The Kier molecular flexibility index (Phi) is 54.8. The van der Waals surface area contributed by atoms with Gasteiger partial charge in [0.2, 0.25) is 0 Å². The summed E-state index contributed by atoms with van der Waals surface area (Å²) in [6.45, 7) is 13.9. The minimum Gasteiger partial charge on any atom is -0.462 e. The third-order valence-corrected chi connectivity index (χ3v) is 17.0. The number of rotatable bonds is 63. The second-order valence-corrected chi connectivity index (χ2v) is 28.7. The van der Waals surface area contributed by atoms with Crippen LogP contribution in [0.4, 0.5) is 0 Å². The van der Waals surface area contributed by atoms with Crippen LogP contribution in [0.15, 0.2) is 0 Å². The van der Waals surface area contributed by atoms with Crippen LogP contribution in [0.1, 0.15) is 319 Å². The van der Waals surface area contributed by atoms with Gasteiger partial charge in [-0.2, -0.15) is 0 Å². The molecule has 0 amide bonds. The van der Waals surface area contributed by atoms with Gasteiger partial charge in [0.1, 0.15) is 19.3 Å². The molecule has 0 saturated heterocycles. The Morgan fingerprint density at radius 3 is 0.729 bits per heavy atom. The number of ether oxygens (including phenoxy) is 4. The molecule has 0 aromatic carbocycles. The molecule has 0 aromatic heterocycles. The summed E-state index contributed by atoms with van der Waals surface area (Å²) in [6.07, 6.45) is 36.5. The Morgan fingerprint density at radius 2 is 0.494 bits per heavy atom. The standard InChI is InChI=1S/C66H128O17P2/c1-56(2)42-34-26-18-14-12-10-9-11-13-15-21-32-40-48-65(70)82-61(52-76-63(68)46-38-30-22-16-19-27-35-43-57(3)4)54-80-84(72,73)78-50-60(67)51-79-85(74,75)81-55-62(53-77-64(69)47-39-31-25-24-29-37-45-59(7)8)83-66(71)49-41-33-23-17-20-28-36-44-58(5)6/h56-62,67H,9-55H2,1-8H3,(H,72,73)(H,74,75)/t60-,61-,62-/m1/s1. The summed E-state index contributed by atoms with van der Waals surface area (Å²) in [5.74, 6) is 0.727. The average Bonchev–Trinajstić information content (AvgIpc) is 3.51. The number of carbonyl (C=O) groups is 4. The third-order valence-electron chi connectivity index (χ3n) is 15.1. The molecule has 0 radical (unpaired) electrons. The second-order valence-electron chi connectivity index (χ2n) is 25.8. The molecule has 85 heavy (non-hydrogen) atoms. The fraction of sp³-hybridized carbons (Fsp3) is 0.939.